The zero-order valence-electron chi connectivity index (χ0n) is 10.2. The van der Waals surface area contributed by atoms with Crippen molar-refractivity contribution >= 4 is 23.6 Å². The van der Waals surface area contributed by atoms with E-state index in [9.17, 15) is 9.90 Å². The highest BCUT2D eigenvalue weighted by molar-refractivity contribution is 6.31. The van der Waals surface area contributed by atoms with Crippen LogP contribution in [0.2, 0.25) is 5.02 Å². The van der Waals surface area contributed by atoms with E-state index in [-0.39, 0.29) is 18.8 Å². The SMILES string of the molecule is CC1CN(c2ccc(Cl)cc2C=O)CC(CO)O1. The molecule has 2 rings (SSSR count). The van der Waals surface area contributed by atoms with Crippen molar-refractivity contribution in [3.63, 3.8) is 0 Å². The van der Waals surface area contributed by atoms with Crippen LogP contribution in [0.1, 0.15) is 17.3 Å². The molecule has 0 aliphatic carbocycles. The Labute approximate surface area is 111 Å². The highest BCUT2D eigenvalue weighted by Crippen LogP contribution is 2.26. The quantitative estimate of drug-likeness (QED) is 0.850. The van der Waals surface area contributed by atoms with Gasteiger partial charge in [0.25, 0.3) is 0 Å². The molecule has 1 N–H and O–H groups in total. The van der Waals surface area contributed by atoms with Crippen LogP contribution in [0.15, 0.2) is 18.2 Å². The van der Waals surface area contributed by atoms with Crippen molar-refractivity contribution in [1.82, 2.24) is 0 Å². The lowest BCUT2D eigenvalue weighted by Crippen LogP contribution is -2.48. The molecule has 1 fully saturated rings. The fourth-order valence-corrected chi connectivity index (χ4v) is 2.43. The molecule has 4 nitrogen and oxygen atoms in total. The zero-order chi connectivity index (χ0) is 13.1. The fraction of sp³-hybridized carbons (Fsp3) is 0.462. The van der Waals surface area contributed by atoms with Crippen LogP contribution < -0.4 is 4.90 Å². The number of rotatable bonds is 3. The summed E-state index contributed by atoms with van der Waals surface area (Å²) in [6.45, 7) is 3.19. The summed E-state index contributed by atoms with van der Waals surface area (Å²) >= 11 is 5.88. The average Bonchev–Trinajstić information content (AvgIpc) is 2.37. The van der Waals surface area contributed by atoms with Crippen molar-refractivity contribution in [2.45, 2.75) is 19.1 Å². The smallest absolute Gasteiger partial charge is 0.152 e. The molecule has 1 heterocycles. The Morgan fingerprint density at radius 1 is 1.56 bits per heavy atom. The average molecular weight is 270 g/mol. The van der Waals surface area contributed by atoms with Gasteiger partial charge in [-0.15, -0.1) is 0 Å². The second kappa shape index (κ2) is 5.69. The zero-order valence-corrected chi connectivity index (χ0v) is 10.9. The van der Waals surface area contributed by atoms with Gasteiger partial charge in [0.05, 0.1) is 18.8 Å². The number of morpholine rings is 1. The molecule has 0 bridgehead atoms. The van der Waals surface area contributed by atoms with Gasteiger partial charge >= 0.3 is 0 Å². The van der Waals surface area contributed by atoms with Gasteiger partial charge in [-0.1, -0.05) is 11.6 Å². The summed E-state index contributed by atoms with van der Waals surface area (Å²) in [6, 6.07) is 5.24. The number of anilines is 1. The normalized spacial score (nSPS) is 24.1. The topological polar surface area (TPSA) is 49.8 Å². The molecule has 0 saturated carbocycles. The van der Waals surface area contributed by atoms with Gasteiger partial charge in [-0.25, -0.2) is 0 Å². The van der Waals surface area contributed by atoms with Crippen molar-refractivity contribution in [2.24, 2.45) is 0 Å². The van der Waals surface area contributed by atoms with E-state index in [0.717, 1.165) is 12.0 Å². The van der Waals surface area contributed by atoms with Crippen LogP contribution in [0.4, 0.5) is 5.69 Å². The predicted molar refractivity (Wildman–Crippen MR) is 70.5 cm³/mol. The maximum atomic E-state index is 11.1. The van der Waals surface area contributed by atoms with E-state index >= 15 is 0 Å². The Kier molecular flexibility index (Phi) is 4.22. The summed E-state index contributed by atoms with van der Waals surface area (Å²) in [5.74, 6) is 0. The number of carbonyl (C=O) groups is 1. The number of aliphatic hydroxyl groups is 1. The molecular weight excluding hydrogens is 254 g/mol. The highest BCUT2D eigenvalue weighted by atomic mass is 35.5. The second-order valence-corrected chi connectivity index (χ2v) is 4.91. The first-order valence-corrected chi connectivity index (χ1v) is 6.28. The largest absolute Gasteiger partial charge is 0.394 e. The third-order valence-corrected chi connectivity index (χ3v) is 3.22. The molecule has 0 radical (unpaired) electrons. The molecule has 5 heteroatoms. The van der Waals surface area contributed by atoms with Gasteiger partial charge in [0, 0.05) is 29.4 Å². The van der Waals surface area contributed by atoms with Crippen LogP contribution in [-0.4, -0.2) is 43.3 Å². The first-order valence-electron chi connectivity index (χ1n) is 5.90. The van der Waals surface area contributed by atoms with E-state index < -0.39 is 0 Å². The number of ether oxygens (including phenoxy) is 1. The molecule has 1 aromatic carbocycles. The summed E-state index contributed by atoms with van der Waals surface area (Å²) in [6.07, 6.45) is 0.602. The Bertz CT molecular complexity index is 438. The molecule has 2 unspecified atom stereocenters. The van der Waals surface area contributed by atoms with Crippen LogP contribution in [-0.2, 0) is 4.74 Å². The summed E-state index contributed by atoms with van der Waals surface area (Å²) in [7, 11) is 0. The lowest BCUT2D eigenvalue weighted by Gasteiger charge is -2.38. The molecule has 18 heavy (non-hydrogen) atoms. The Morgan fingerprint density at radius 3 is 3.00 bits per heavy atom. The van der Waals surface area contributed by atoms with E-state index in [2.05, 4.69) is 4.90 Å². The number of benzene rings is 1. The van der Waals surface area contributed by atoms with Crippen LogP contribution in [0.5, 0.6) is 0 Å². The standard InChI is InChI=1S/C13H16ClNO3/c1-9-5-15(6-12(8-17)18-9)13-3-2-11(14)4-10(13)7-16/h2-4,7,9,12,17H,5-6,8H2,1H3. The number of nitrogens with zero attached hydrogens (tertiary/aromatic N) is 1. The molecule has 0 aromatic heterocycles. The molecule has 0 spiro atoms. The van der Waals surface area contributed by atoms with Crippen molar-refractivity contribution in [1.29, 1.82) is 0 Å². The molecule has 1 aliphatic heterocycles. The fourth-order valence-electron chi connectivity index (χ4n) is 2.25. The summed E-state index contributed by atoms with van der Waals surface area (Å²) in [5.41, 5.74) is 1.40. The molecule has 0 amide bonds. The monoisotopic (exact) mass is 269 g/mol. The van der Waals surface area contributed by atoms with Gasteiger partial charge in [-0.2, -0.15) is 0 Å². The van der Waals surface area contributed by atoms with Crippen LogP contribution in [0, 0.1) is 0 Å². The minimum Gasteiger partial charge on any atom is -0.394 e. The summed E-state index contributed by atoms with van der Waals surface area (Å²) < 4.78 is 5.58. The van der Waals surface area contributed by atoms with Crippen LogP contribution in [0.3, 0.4) is 0 Å². The third kappa shape index (κ3) is 2.83. The van der Waals surface area contributed by atoms with Gasteiger partial charge < -0.3 is 14.7 Å². The van der Waals surface area contributed by atoms with Gasteiger partial charge in [0.1, 0.15) is 0 Å². The number of carbonyl (C=O) groups excluding carboxylic acids is 1. The van der Waals surface area contributed by atoms with Crippen molar-refractivity contribution < 1.29 is 14.6 Å². The van der Waals surface area contributed by atoms with Crippen molar-refractivity contribution in [3.8, 4) is 0 Å². The number of aldehydes is 1. The number of hydrogen-bond donors (Lipinski definition) is 1. The van der Waals surface area contributed by atoms with Crippen LogP contribution >= 0.6 is 11.6 Å². The van der Waals surface area contributed by atoms with Crippen molar-refractivity contribution in [2.75, 3.05) is 24.6 Å². The van der Waals surface area contributed by atoms with E-state index in [1.165, 1.54) is 0 Å². The Balaban J connectivity index is 2.27. The maximum absolute atomic E-state index is 11.1. The number of aliphatic hydroxyl groups excluding tert-OH is 1. The summed E-state index contributed by atoms with van der Waals surface area (Å²) in [4.78, 5) is 13.1. The van der Waals surface area contributed by atoms with Gasteiger partial charge in [-0.3, -0.25) is 4.79 Å². The third-order valence-electron chi connectivity index (χ3n) is 2.99. The first-order chi connectivity index (χ1) is 8.63. The number of hydrogen-bond acceptors (Lipinski definition) is 4. The summed E-state index contributed by atoms with van der Waals surface area (Å²) in [5, 5.41) is 9.74. The Hall–Kier alpha value is -1.10. The molecular formula is C13H16ClNO3. The lowest BCUT2D eigenvalue weighted by atomic mass is 10.1. The molecule has 1 saturated heterocycles. The molecule has 1 aliphatic rings. The first kappa shape index (κ1) is 13.3. The van der Waals surface area contributed by atoms with Gasteiger partial charge in [0.2, 0.25) is 0 Å². The van der Waals surface area contributed by atoms with Crippen LogP contribution in [0.25, 0.3) is 0 Å². The van der Waals surface area contributed by atoms with Gasteiger partial charge in [-0.05, 0) is 25.1 Å². The molecule has 2 atom stereocenters. The predicted octanol–water partition coefficient (Wildman–Crippen LogP) is 1.74. The lowest BCUT2D eigenvalue weighted by molar-refractivity contribution is -0.0421. The Morgan fingerprint density at radius 2 is 2.33 bits per heavy atom. The van der Waals surface area contributed by atoms with Crippen molar-refractivity contribution in [3.05, 3.63) is 28.8 Å². The maximum Gasteiger partial charge on any atom is 0.152 e. The molecule has 98 valence electrons. The van der Waals surface area contributed by atoms with E-state index in [4.69, 9.17) is 16.3 Å². The van der Waals surface area contributed by atoms with E-state index in [1.807, 2.05) is 13.0 Å². The second-order valence-electron chi connectivity index (χ2n) is 4.48. The minimum atomic E-state index is -0.219. The van der Waals surface area contributed by atoms with E-state index in [1.54, 1.807) is 12.1 Å². The molecule has 1 aromatic rings. The number of halogens is 1. The van der Waals surface area contributed by atoms with E-state index in [0.29, 0.717) is 23.7 Å². The highest BCUT2D eigenvalue weighted by Gasteiger charge is 2.26. The minimum absolute atomic E-state index is 0.0195. The van der Waals surface area contributed by atoms with Gasteiger partial charge in [0.15, 0.2) is 6.29 Å².